The first-order chi connectivity index (χ1) is 10.1. The van der Waals surface area contributed by atoms with Crippen LogP contribution in [0.2, 0.25) is 0 Å². The fourth-order valence-corrected chi connectivity index (χ4v) is 2.11. The number of nitrogens with one attached hydrogen (secondary N) is 2. The third kappa shape index (κ3) is 5.15. The standard InChI is InChI=1S/C15H19FN2O3/c16-12-5-3-11(4-6-12)15(20)17-8-7-14(19)18-10-13-2-1-9-21-13/h3-6,13H,1-2,7-10H2,(H,17,20)(H,18,19). The Morgan fingerprint density at radius 3 is 2.67 bits per heavy atom. The number of amides is 2. The summed E-state index contributed by atoms with van der Waals surface area (Å²) in [6.45, 7) is 1.52. The lowest BCUT2D eigenvalue weighted by molar-refractivity contribution is -0.121. The van der Waals surface area contributed by atoms with Gasteiger partial charge in [0.25, 0.3) is 5.91 Å². The van der Waals surface area contributed by atoms with E-state index >= 15 is 0 Å². The molecule has 1 heterocycles. The van der Waals surface area contributed by atoms with Crippen molar-refractivity contribution in [3.63, 3.8) is 0 Å². The van der Waals surface area contributed by atoms with Crippen LogP contribution in [0.25, 0.3) is 0 Å². The molecular formula is C15H19FN2O3. The highest BCUT2D eigenvalue weighted by Crippen LogP contribution is 2.10. The maximum absolute atomic E-state index is 12.7. The summed E-state index contributed by atoms with van der Waals surface area (Å²) in [5, 5.41) is 5.40. The molecule has 0 spiro atoms. The molecule has 2 amide bonds. The quantitative estimate of drug-likeness (QED) is 0.829. The topological polar surface area (TPSA) is 67.4 Å². The van der Waals surface area contributed by atoms with Gasteiger partial charge in [0.15, 0.2) is 0 Å². The molecule has 114 valence electrons. The van der Waals surface area contributed by atoms with Gasteiger partial charge in [0.2, 0.25) is 5.91 Å². The number of ether oxygens (including phenoxy) is 1. The van der Waals surface area contributed by atoms with Crippen molar-refractivity contribution in [2.45, 2.75) is 25.4 Å². The summed E-state index contributed by atoms with van der Waals surface area (Å²) in [6, 6.07) is 5.26. The van der Waals surface area contributed by atoms with Crippen molar-refractivity contribution >= 4 is 11.8 Å². The van der Waals surface area contributed by atoms with E-state index in [2.05, 4.69) is 10.6 Å². The van der Waals surface area contributed by atoms with Crippen molar-refractivity contribution in [2.75, 3.05) is 19.7 Å². The maximum Gasteiger partial charge on any atom is 0.251 e. The second-order valence-electron chi connectivity index (χ2n) is 4.95. The van der Waals surface area contributed by atoms with Gasteiger partial charge >= 0.3 is 0 Å². The second-order valence-corrected chi connectivity index (χ2v) is 4.95. The summed E-state index contributed by atoms with van der Waals surface area (Å²) in [6.07, 6.45) is 2.33. The van der Waals surface area contributed by atoms with Crippen LogP contribution in [0.5, 0.6) is 0 Å². The average molecular weight is 294 g/mol. The van der Waals surface area contributed by atoms with Crippen LogP contribution in [0.3, 0.4) is 0 Å². The first kappa shape index (κ1) is 15.4. The highest BCUT2D eigenvalue weighted by molar-refractivity contribution is 5.94. The molecule has 0 aromatic heterocycles. The molecule has 2 N–H and O–H groups in total. The molecule has 0 radical (unpaired) electrons. The van der Waals surface area contributed by atoms with E-state index in [1.165, 1.54) is 24.3 Å². The number of hydrogen-bond donors (Lipinski definition) is 2. The van der Waals surface area contributed by atoms with Gasteiger partial charge in [-0.05, 0) is 37.1 Å². The average Bonchev–Trinajstić information content (AvgIpc) is 2.99. The minimum atomic E-state index is -0.389. The predicted molar refractivity (Wildman–Crippen MR) is 75.3 cm³/mol. The summed E-state index contributed by atoms with van der Waals surface area (Å²) in [5.74, 6) is -0.827. The largest absolute Gasteiger partial charge is 0.376 e. The SMILES string of the molecule is O=C(CCNC(=O)c1ccc(F)cc1)NCC1CCCO1. The molecule has 1 fully saturated rings. The van der Waals surface area contributed by atoms with Gasteiger partial charge in [0, 0.05) is 31.7 Å². The summed E-state index contributed by atoms with van der Waals surface area (Å²) < 4.78 is 18.1. The van der Waals surface area contributed by atoms with Crippen LogP contribution in [0.15, 0.2) is 24.3 Å². The molecule has 1 aromatic rings. The van der Waals surface area contributed by atoms with Crippen molar-refractivity contribution in [3.05, 3.63) is 35.6 Å². The molecule has 5 nitrogen and oxygen atoms in total. The summed E-state index contributed by atoms with van der Waals surface area (Å²) in [4.78, 5) is 23.3. The van der Waals surface area contributed by atoms with Crippen LogP contribution in [0.1, 0.15) is 29.6 Å². The zero-order valence-corrected chi connectivity index (χ0v) is 11.7. The van der Waals surface area contributed by atoms with Crippen LogP contribution in [-0.4, -0.2) is 37.6 Å². The summed E-state index contributed by atoms with van der Waals surface area (Å²) in [5.41, 5.74) is 0.371. The molecule has 0 saturated carbocycles. The zero-order valence-electron chi connectivity index (χ0n) is 11.7. The van der Waals surface area contributed by atoms with Crippen LogP contribution in [0.4, 0.5) is 4.39 Å². The van der Waals surface area contributed by atoms with Crippen molar-refractivity contribution in [1.82, 2.24) is 10.6 Å². The monoisotopic (exact) mass is 294 g/mol. The van der Waals surface area contributed by atoms with E-state index in [1.807, 2.05) is 0 Å². The van der Waals surface area contributed by atoms with Gasteiger partial charge in [-0.2, -0.15) is 0 Å². The number of carbonyl (C=O) groups excluding carboxylic acids is 2. The fraction of sp³-hybridized carbons (Fsp3) is 0.467. The number of hydrogen-bond acceptors (Lipinski definition) is 3. The van der Waals surface area contributed by atoms with Gasteiger partial charge in [0.05, 0.1) is 6.10 Å². The van der Waals surface area contributed by atoms with Crippen molar-refractivity contribution < 1.29 is 18.7 Å². The third-order valence-corrected chi connectivity index (χ3v) is 3.29. The molecule has 1 aromatic carbocycles. The van der Waals surface area contributed by atoms with Crippen LogP contribution >= 0.6 is 0 Å². The Kier molecular flexibility index (Phi) is 5.68. The molecule has 6 heteroatoms. The first-order valence-electron chi connectivity index (χ1n) is 7.07. The van der Waals surface area contributed by atoms with Gasteiger partial charge in [-0.15, -0.1) is 0 Å². The Morgan fingerprint density at radius 1 is 1.24 bits per heavy atom. The summed E-state index contributed by atoms with van der Waals surface area (Å²) in [7, 11) is 0. The number of rotatable bonds is 6. The molecule has 0 bridgehead atoms. The molecule has 0 aliphatic carbocycles. The molecule has 1 saturated heterocycles. The van der Waals surface area contributed by atoms with Gasteiger partial charge in [-0.25, -0.2) is 4.39 Å². The van der Waals surface area contributed by atoms with Crippen molar-refractivity contribution in [2.24, 2.45) is 0 Å². The molecule has 1 aliphatic rings. The second kappa shape index (κ2) is 7.73. The molecule has 2 rings (SSSR count). The Morgan fingerprint density at radius 2 is 2.00 bits per heavy atom. The molecule has 21 heavy (non-hydrogen) atoms. The number of halogens is 1. The van der Waals surface area contributed by atoms with Gasteiger partial charge in [0.1, 0.15) is 5.82 Å². The van der Waals surface area contributed by atoms with Crippen LogP contribution < -0.4 is 10.6 Å². The van der Waals surface area contributed by atoms with E-state index in [4.69, 9.17) is 4.74 Å². The van der Waals surface area contributed by atoms with Gasteiger partial charge < -0.3 is 15.4 Å². The van der Waals surface area contributed by atoms with Gasteiger partial charge in [-0.1, -0.05) is 0 Å². The smallest absolute Gasteiger partial charge is 0.251 e. The van der Waals surface area contributed by atoms with Crippen LogP contribution in [0, 0.1) is 5.82 Å². The van der Waals surface area contributed by atoms with E-state index in [0.29, 0.717) is 12.1 Å². The third-order valence-electron chi connectivity index (χ3n) is 3.29. The maximum atomic E-state index is 12.7. The predicted octanol–water partition coefficient (Wildman–Crippen LogP) is 1.24. The van der Waals surface area contributed by atoms with E-state index in [1.54, 1.807) is 0 Å². The van der Waals surface area contributed by atoms with Gasteiger partial charge in [-0.3, -0.25) is 9.59 Å². The normalized spacial score (nSPS) is 17.5. The van der Waals surface area contributed by atoms with Crippen LogP contribution in [-0.2, 0) is 9.53 Å². The summed E-state index contributed by atoms with van der Waals surface area (Å²) >= 11 is 0. The van der Waals surface area contributed by atoms with Crippen molar-refractivity contribution in [1.29, 1.82) is 0 Å². The first-order valence-corrected chi connectivity index (χ1v) is 7.07. The van der Waals surface area contributed by atoms with E-state index in [9.17, 15) is 14.0 Å². The van der Waals surface area contributed by atoms with E-state index in [0.717, 1.165) is 19.4 Å². The Hall–Kier alpha value is -1.95. The van der Waals surface area contributed by atoms with Crippen molar-refractivity contribution in [3.8, 4) is 0 Å². The molecular weight excluding hydrogens is 275 g/mol. The fourth-order valence-electron chi connectivity index (χ4n) is 2.11. The lowest BCUT2D eigenvalue weighted by Gasteiger charge is -2.11. The Labute approximate surface area is 122 Å². The minimum Gasteiger partial charge on any atom is -0.376 e. The molecule has 1 atom stereocenters. The van der Waals surface area contributed by atoms with E-state index in [-0.39, 0.29) is 36.7 Å². The highest BCUT2D eigenvalue weighted by atomic mass is 19.1. The minimum absolute atomic E-state index is 0.114. The lowest BCUT2D eigenvalue weighted by atomic mass is 10.2. The number of carbonyl (C=O) groups is 2. The highest BCUT2D eigenvalue weighted by Gasteiger charge is 2.16. The molecule has 1 unspecified atom stereocenters. The Bertz CT molecular complexity index is 484. The number of benzene rings is 1. The zero-order chi connectivity index (χ0) is 15.1. The van der Waals surface area contributed by atoms with E-state index < -0.39 is 0 Å². The lowest BCUT2D eigenvalue weighted by Crippen LogP contribution is -2.34. The molecule has 1 aliphatic heterocycles. The Balaban J connectivity index is 1.62.